The lowest BCUT2D eigenvalue weighted by Gasteiger charge is -2.29. The molecule has 3 unspecified atom stereocenters. The molecule has 24 heavy (non-hydrogen) atoms. The van der Waals surface area contributed by atoms with Gasteiger partial charge in [-0.2, -0.15) is 5.26 Å². The van der Waals surface area contributed by atoms with E-state index in [0.717, 1.165) is 42.5 Å². The molecule has 2 aromatic carbocycles. The highest BCUT2D eigenvalue weighted by molar-refractivity contribution is 6.13. The minimum Gasteiger partial charge on any atom is -0.393 e. The Kier molecular flexibility index (Phi) is 5.40. The van der Waals surface area contributed by atoms with Gasteiger partial charge in [-0.1, -0.05) is 73.5 Å². The van der Waals surface area contributed by atoms with Crippen molar-refractivity contribution in [1.29, 1.82) is 5.26 Å². The van der Waals surface area contributed by atoms with Crippen LogP contribution in [0, 0.1) is 17.2 Å². The molecule has 2 aromatic rings. The standard InChI is InChI=1S/C21H22N2O/c22-15-19(18-13-7-8-14-20(18)24)23-21(16-9-3-1-4-10-16)17-11-5-2-6-12-17/h1-6,9-12,18-20,24H,7-8,13-14H2. The number of nitrogens with zero attached hydrogens (tertiary/aromatic N) is 2. The van der Waals surface area contributed by atoms with E-state index >= 15 is 0 Å². The molecule has 1 aliphatic rings. The summed E-state index contributed by atoms with van der Waals surface area (Å²) >= 11 is 0. The lowest BCUT2D eigenvalue weighted by Crippen LogP contribution is -2.33. The van der Waals surface area contributed by atoms with Gasteiger partial charge in [-0.25, -0.2) is 0 Å². The number of aliphatic hydroxyl groups is 1. The quantitative estimate of drug-likeness (QED) is 0.867. The number of aliphatic hydroxyl groups excluding tert-OH is 1. The molecule has 0 saturated heterocycles. The van der Waals surface area contributed by atoms with Crippen LogP contribution in [0.4, 0.5) is 0 Å². The summed E-state index contributed by atoms with van der Waals surface area (Å²) in [6, 6.07) is 21.7. The van der Waals surface area contributed by atoms with Gasteiger partial charge in [0.15, 0.2) is 0 Å². The molecule has 1 fully saturated rings. The van der Waals surface area contributed by atoms with Gasteiger partial charge in [-0.05, 0) is 12.8 Å². The molecule has 0 heterocycles. The number of aliphatic imine (C=N–C) groups is 1. The topological polar surface area (TPSA) is 56.4 Å². The third-order valence-electron chi connectivity index (χ3n) is 4.68. The molecular formula is C21H22N2O. The van der Waals surface area contributed by atoms with Crippen molar-refractivity contribution in [2.24, 2.45) is 10.9 Å². The largest absolute Gasteiger partial charge is 0.393 e. The Labute approximate surface area is 143 Å². The molecule has 3 rings (SSSR count). The van der Waals surface area contributed by atoms with Crippen LogP contribution in [0.1, 0.15) is 36.8 Å². The maximum Gasteiger partial charge on any atom is 0.142 e. The first-order valence-electron chi connectivity index (χ1n) is 8.56. The van der Waals surface area contributed by atoms with Gasteiger partial charge in [0, 0.05) is 17.0 Å². The van der Waals surface area contributed by atoms with E-state index in [1.807, 2.05) is 60.7 Å². The zero-order valence-electron chi connectivity index (χ0n) is 13.7. The van der Waals surface area contributed by atoms with Crippen LogP contribution in [-0.4, -0.2) is 23.0 Å². The molecule has 3 nitrogen and oxygen atoms in total. The van der Waals surface area contributed by atoms with Crippen LogP contribution in [-0.2, 0) is 0 Å². The number of hydrogen-bond donors (Lipinski definition) is 1. The smallest absolute Gasteiger partial charge is 0.142 e. The normalized spacial score (nSPS) is 21.5. The average molecular weight is 318 g/mol. The van der Waals surface area contributed by atoms with Crippen LogP contribution in [0.2, 0.25) is 0 Å². The molecule has 3 heteroatoms. The highest BCUT2D eigenvalue weighted by Gasteiger charge is 2.31. The zero-order valence-corrected chi connectivity index (χ0v) is 13.7. The molecule has 0 spiro atoms. The molecule has 0 aliphatic heterocycles. The Hall–Kier alpha value is -2.44. The van der Waals surface area contributed by atoms with Crippen LogP contribution in [0.5, 0.6) is 0 Å². The first-order valence-corrected chi connectivity index (χ1v) is 8.56. The molecule has 0 aromatic heterocycles. The minimum absolute atomic E-state index is 0.0776. The predicted octanol–water partition coefficient (Wildman–Crippen LogP) is 3.97. The molecule has 0 amide bonds. The molecular weight excluding hydrogens is 296 g/mol. The van der Waals surface area contributed by atoms with Gasteiger partial charge in [0.25, 0.3) is 0 Å². The second-order valence-corrected chi connectivity index (χ2v) is 6.30. The van der Waals surface area contributed by atoms with E-state index in [1.54, 1.807) is 0 Å². The van der Waals surface area contributed by atoms with Crippen molar-refractivity contribution in [2.75, 3.05) is 0 Å². The predicted molar refractivity (Wildman–Crippen MR) is 95.9 cm³/mol. The van der Waals surface area contributed by atoms with Gasteiger partial charge in [0.05, 0.1) is 17.9 Å². The van der Waals surface area contributed by atoms with Crippen LogP contribution in [0.3, 0.4) is 0 Å². The molecule has 0 radical (unpaired) electrons. The Balaban J connectivity index is 2.01. The third-order valence-corrected chi connectivity index (χ3v) is 4.68. The fourth-order valence-electron chi connectivity index (χ4n) is 3.38. The van der Waals surface area contributed by atoms with Crippen molar-refractivity contribution in [2.45, 2.75) is 37.8 Å². The molecule has 1 N–H and O–H groups in total. The summed E-state index contributed by atoms with van der Waals surface area (Å²) in [4.78, 5) is 4.80. The van der Waals surface area contributed by atoms with Crippen molar-refractivity contribution >= 4 is 5.71 Å². The van der Waals surface area contributed by atoms with Gasteiger partial charge in [-0.3, -0.25) is 4.99 Å². The number of nitriles is 1. The van der Waals surface area contributed by atoms with Gasteiger partial charge < -0.3 is 5.11 Å². The molecule has 3 atom stereocenters. The highest BCUT2D eigenvalue weighted by atomic mass is 16.3. The first kappa shape index (κ1) is 16.4. The summed E-state index contributed by atoms with van der Waals surface area (Å²) in [7, 11) is 0. The lowest BCUT2D eigenvalue weighted by molar-refractivity contribution is 0.0650. The first-order chi connectivity index (χ1) is 11.8. The van der Waals surface area contributed by atoms with Crippen LogP contribution in [0.15, 0.2) is 65.7 Å². The fourth-order valence-corrected chi connectivity index (χ4v) is 3.38. The average Bonchev–Trinajstić information content (AvgIpc) is 2.65. The van der Waals surface area contributed by atoms with Gasteiger partial charge >= 0.3 is 0 Å². The van der Waals surface area contributed by atoms with Gasteiger partial charge in [-0.15, -0.1) is 0 Å². The molecule has 122 valence electrons. The summed E-state index contributed by atoms with van der Waals surface area (Å²) in [6.45, 7) is 0. The summed E-state index contributed by atoms with van der Waals surface area (Å²) in [5.41, 5.74) is 2.81. The summed E-state index contributed by atoms with van der Waals surface area (Å²) in [6.07, 6.45) is 3.29. The van der Waals surface area contributed by atoms with Crippen molar-refractivity contribution in [3.63, 3.8) is 0 Å². The summed E-state index contributed by atoms with van der Waals surface area (Å²) < 4.78 is 0. The zero-order chi connectivity index (χ0) is 16.8. The van der Waals surface area contributed by atoms with Crippen LogP contribution >= 0.6 is 0 Å². The lowest BCUT2D eigenvalue weighted by atomic mass is 9.82. The Morgan fingerprint density at radius 1 is 0.958 bits per heavy atom. The van der Waals surface area contributed by atoms with Gasteiger partial charge in [0.2, 0.25) is 0 Å². The fraction of sp³-hybridized carbons (Fsp3) is 0.333. The van der Waals surface area contributed by atoms with E-state index < -0.39 is 12.1 Å². The van der Waals surface area contributed by atoms with Crippen LogP contribution < -0.4 is 0 Å². The van der Waals surface area contributed by atoms with E-state index in [0.29, 0.717) is 0 Å². The van der Waals surface area contributed by atoms with E-state index in [2.05, 4.69) is 6.07 Å². The Morgan fingerprint density at radius 2 is 1.50 bits per heavy atom. The van der Waals surface area contributed by atoms with Gasteiger partial charge in [0.1, 0.15) is 6.04 Å². The molecule has 0 bridgehead atoms. The van der Waals surface area contributed by atoms with Crippen molar-refractivity contribution in [1.82, 2.24) is 0 Å². The van der Waals surface area contributed by atoms with Crippen molar-refractivity contribution in [3.8, 4) is 6.07 Å². The van der Waals surface area contributed by atoms with Crippen molar-refractivity contribution in [3.05, 3.63) is 71.8 Å². The molecule has 1 saturated carbocycles. The maximum absolute atomic E-state index is 10.3. The molecule has 1 aliphatic carbocycles. The SMILES string of the molecule is N#CC(N=C(c1ccccc1)c1ccccc1)C1CCCCC1O. The van der Waals surface area contributed by atoms with Crippen molar-refractivity contribution < 1.29 is 5.11 Å². The number of hydrogen-bond acceptors (Lipinski definition) is 3. The Morgan fingerprint density at radius 3 is 2.00 bits per heavy atom. The van der Waals surface area contributed by atoms with Crippen LogP contribution in [0.25, 0.3) is 0 Å². The van der Waals surface area contributed by atoms with E-state index in [1.165, 1.54) is 0 Å². The van der Waals surface area contributed by atoms with E-state index in [-0.39, 0.29) is 5.92 Å². The number of benzene rings is 2. The van der Waals surface area contributed by atoms with E-state index in [4.69, 9.17) is 4.99 Å². The summed E-state index contributed by atoms with van der Waals surface area (Å²) in [5.74, 6) is -0.0776. The monoisotopic (exact) mass is 318 g/mol. The second kappa shape index (κ2) is 7.90. The number of rotatable bonds is 4. The minimum atomic E-state index is -0.518. The summed E-state index contributed by atoms with van der Waals surface area (Å²) in [5, 5.41) is 20.0. The Bertz CT molecular complexity index is 677. The second-order valence-electron chi connectivity index (χ2n) is 6.30. The van der Waals surface area contributed by atoms with E-state index in [9.17, 15) is 10.4 Å². The maximum atomic E-state index is 10.3. The third kappa shape index (κ3) is 3.72. The highest BCUT2D eigenvalue weighted by Crippen LogP contribution is 2.29.